The number of carbonyl (C=O) groups excluding carboxylic acids is 1. The van der Waals surface area contributed by atoms with E-state index in [-0.39, 0.29) is 19.1 Å². The molecule has 0 aromatic heterocycles. The Hall–Kier alpha value is -1.80. The van der Waals surface area contributed by atoms with Crippen molar-refractivity contribution in [3.05, 3.63) is 60.8 Å². The molecule has 0 heterocycles. The van der Waals surface area contributed by atoms with Crippen molar-refractivity contribution in [1.82, 2.24) is 5.32 Å². The first-order valence-corrected chi connectivity index (χ1v) is 28.1. The number of carbonyl (C=O) groups is 1. The van der Waals surface area contributed by atoms with Crippen LogP contribution in [0.25, 0.3) is 0 Å². The van der Waals surface area contributed by atoms with Crippen LogP contribution in [0.4, 0.5) is 0 Å². The number of nitrogens with one attached hydrogen (secondary N) is 1. The van der Waals surface area contributed by atoms with Crippen molar-refractivity contribution in [2.24, 2.45) is 0 Å². The SMILES string of the molecule is CC/C=C\C/C=C\C/C=C\C/C=C\C/C=C\CCCCCCCCCCCC(=O)NC(COP(=O)(O)OCC[N+](C)(C)C)C(O)CCCCCCCCCCCCCCCCCCC. The molecule has 0 saturated heterocycles. The molecule has 1 amide bonds. The maximum absolute atomic E-state index is 13.0. The third-order valence-corrected chi connectivity index (χ3v) is 12.8. The molecule has 8 nitrogen and oxygen atoms in total. The number of aliphatic hydroxyl groups is 1. The number of quaternary nitrogens is 1. The molecule has 0 aliphatic heterocycles. The average molecular weight is 920 g/mol. The fraction of sp³-hybridized carbons (Fsp3) is 0.800. The Bertz CT molecular complexity index is 1230. The number of hydrogen-bond donors (Lipinski definition) is 3. The quantitative estimate of drug-likeness (QED) is 0.0243. The second kappa shape index (κ2) is 46.3. The number of phosphoric ester groups is 1. The lowest BCUT2D eigenvalue weighted by Crippen LogP contribution is -2.46. The topological polar surface area (TPSA) is 105 Å². The molecule has 9 heteroatoms. The first-order valence-electron chi connectivity index (χ1n) is 26.7. The summed E-state index contributed by atoms with van der Waals surface area (Å²) in [5.74, 6) is -0.152. The van der Waals surface area contributed by atoms with Crippen molar-refractivity contribution in [3.8, 4) is 0 Å². The van der Waals surface area contributed by atoms with Gasteiger partial charge in [-0.2, -0.15) is 0 Å². The fourth-order valence-electron chi connectivity index (χ4n) is 7.60. The Kier molecular flexibility index (Phi) is 45.0. The maximum Gasteiger partial charge on any atom is 0.472 e. The molecule has 374 valence electrons. The van der Waals surface area contributed by atoms with Gasteiger partial charge in [0.15, 0.2) is 0 Å². The molecule has 0 aromatic rings. The molecule has 0 spiro atoms. The van der Waals surface area contributed by atoms with Gasteiger partial charge in [-0.15, -0.1) is 0 Å². The van der Waals surface area contributed by atoms with E-state index in [1.165, 1.54) is 128 Å². The number of rotatable bonds is 48. The van der Waals surface area contributed by atoms with Gasteiger partial charge in [0.05, 0.1) is 39.9 Å². The third kappa shape index (κ3) is 48.1. The predicted molar refractivity (Wildman–Crippen MR) is 277 cm³/mol. The van der Waals surface area contributed by atoms with Crippen molar-refractivity contribution < 1.29 is 32.9 Å². The summed E-state index contributed by atoms with van der Waals surface area (Å²) < 4.78 is 23.7. The van der Waals surface area contributed by atoms with Crippen molar-refractivity contribution in [2.45, 2.75) is 244 Å². The smallest absolute Gasteiger partial charge is 0.391 e. The van der Waals surface area contributed by atoms with Crippen LogP contribution in [0, 0.1) is 0 Å². The van der Waals surface area contributed by atoms with Crippen molar-refractivity contribution in [1.29, 1.82) is 0 Å². The number of aliphatic hydroxyl groups excluding tert-OH is 1. The number of amides is 1. The molecule has 0 aliphatic rings. The standard InChI is InChI=1S/C55H103N2O6P/c1-6-8-10-12-14-16-18-20-22-24-25-26-27-28-29-30-31-33-35-37-39-41-43-45-47-49-55(59)56-53(52-63-64(60,61)62-51-50-57(3,4)5)54(58)48-46-44-42-40-38-36-34-32-23-21-19-17-15-13-11-9-7-2/h8,10,14,16,20,22,25-26,28-29,53-54,58H,6-7,9,11-13,15,17-19,21,23-24,27,30-52H2,1-5H3,(H-,56,59,60,61)/p+1/b10-8-,16-14-,22-20-,26-25-,29-28-. The zero-order valence-corrected chi connectivity index (χ0v) is 43.4. The molecule has 0 aromatic carbocycles. The summed E-state index contributed by atoms with van der Waals surface area (Å²) >= 11 is 0. The summed E-state index contributed by atoms with van der Waals surface area (Å²) in [5.41, 5.74) is 0. The number of likely N-dealkylation sites (N-methyl/N-ethyl adjacent to an activating group) is 1. The van der Waals surface area contributed by atoms with Gasteiger partial charge >= 0.3 is 7.82 Å². The van der Waals surface area contributed by atoms with Crippen LogP contribution in [0.3, 0.4) is 0 Å². The lowest BCUT2D eigenvalue weighted by molar-refractivity contribution is -0.870. The van der Waals surface area contributed by atoms with Crippen LogP contribution in [0.5, 0.6) is 0 Å². The normalized spacial score (nSPS) is 14.5. The second-order valence-electron chi connectivity index (χ2n) is 19.2. The molecule has 0 rings (SSSR count). The van der Waals surface area contributed by atoms with Gasteiger partial charge in [-0.05, 0) is 57.8 Å². The summed E-state index contributed by atoms with van der Waals surface area (Å²) in [6.45, 7) is 4.78. The minimum atomic E-state index is -4.32. The van der Waals surface area contributed by atoms with E-state index in [0.29, 0.717) is 23.9 Å². The Morgan fingerprint density at radius 1 is 0.547 bits per heavy atom. The largest absolute Gasteiger partial charge is 0.472 e. The Morgan fingerprint density at radius 2 is 0.938 bits per heavy atom. The number of unbranched alkanes of at least 4 members (excludes halogenated alkanes) is 25. The number of nitrogens with zero attached hydrogens (tertiary/aromatic N) is 1. The van der Waals surface area contributed by atoms with Crippen LogP contribution >= 0.6 is 7.82 Å². The predicted octanol–water partition coefficient (Wildman–Crippen LogP) is 15.8. The molecule has 0 bridgehead atoms. The lowest BCUT2D eigenvalue weighted by Gasteiger charge is -2.26. The van der Waals surface area contributed by atoms with E-state index in [2.05, 4.69) is 79.9 Å². The van der Waals surface area contributed by atoms with E-state index in [0.717, 1.165) is 77.0 Å². The van der Waals surface area contributed by atoms with Crippen LogP contribution in [-0.4, -0.2) is 73.4 Å². The van der Waals surface area contributed by atoms with E-state index in [1.54, 1.807) is 0 Å². The molecule has 0 radical (unpaired) electrons. The Labute approximate surface area is 396 Å². The molecule has 3 unspecified atom stereocenters. The highest BCUT2D eigenvalue weighted by atomic mass is 31.2. The van der Waals surface area contributed by atoms with Gasteiger partial charge in [-0.25, -0.2) is 4.57 Å². The van der Waals surface area contributed by atoms with Crippen molar-refractivity contribution >= 4 is 13.7 Å². The summed E-state index contributed by atoms with van der Waals surface area (Å²) in [5, 5.41) is 14.0. The third-order valence-electron chi connectivity index (χ3n) is 11.8. The summed E-state index contributed by atoms with van der Waals surface area (Å²) in [4.78, 5) is 23.3. The lowest BCUT2D eigenvalue weighted by atomic mass is 10.0. The number of phosphoric acid groups is 1. The minimum absolute atomic E-state index is 0.0713. The van der Waals surface area contributed by atoms with Crippen LogP contribution < -0.4 is 5.32 Å². The molecule has 0 aliphatic carbocycles. The number of allylic oxidation sites excluding steroid dienone is 10. The molecule has 3 atom stereocenters. The zero-order chi connectivity index (χ0) is 47.1. The van der Waals surface area contributed by atoms with Crippen LogP contribution in [0.15, 0.2) is 60.8 Å². The van der Waals surface area contributed by atoms with Gasteiger partial charge in [-0.3, -0.25) is 13.8 Å². The average Bonchev–Trinajstić information content (AvgIpc) is 3.25. The van der Waals surface area contributed by atoms with Crippen LogP contribution in [0.1, 0.15) is 232 Å². The molecular formula is C55H104N2O6P+. The van der Waals surface area contributed by atoms with Crippen molar-refractivity contribution in [2.75, 3.05) is 40.9 Å². The molecule has 0 saturated carbocycles. The van der Waals surface area contributed by atoms with Gasteiger partial charge in [0.1, 0.15) is 13.2 Å². The highest BCUT2D eigenvalue weighted by molar-refractivity contribution is 7.47. The summed E-state index contributed by atoms with van der Waals surface area (Å²) in [6.07, 6.45) is 61.1. The van der Waals surface area contributed by atoms with Gasteiger partial charge in [0.25, 0.3) is 0 Å². The molecular weight excluding hydrogens is 816 g/mol. The van der Waals surface area contributed by atoms with E-state index >= 15 is 0 Å². The highest BCUT2D eigenvalue weighted by Crippen LogP contribution is 2.43. The van der Waals surface area contributed by atoms with E-state index in [1.807, 2.05) is 21.1 Å². The van der Waals surface area contributed by atoms with E-state index < -0.39 is 20.0 Å². The van der Waals surface area contributed by atoms with Gasteiger partial charge < -0.3 is 19.8 Å². The van der Waals surface area contributed by atoms with Crippen molar-refractivity contribution in [3.63, 3.8) is 0 Å². The van der Waals surface area contributed by atoms with Gasteiger partial charge in [0.2, 0.25) is 5.91 Å². The zero-order valence-electron chi connectivity index (χ0n) is 42.5. The van der Waals surface area contributed by atoms with Gasteiger partial charge in [-0.1, -0.05) is 229 Å². The van der Waals surface area contributed by atoms with Crippen LogP contribution in [0.2, 0.25) is 0 Å². The first-order chi connectivity index (χ1) is 31.0. The van der Waals surface area contributed by atoms with E-state index in [9.17, 15) is 19.4 Å². The monoisotopic (exact) mass is 920 g/mol. The van der Waals surface area contributed by atoms with Gasteiger partial charge in [0, 0.05) is 6.42 Å². The second-order valence-corrected chi connectivity index (χ2v) is 20.7. The Morgan fingerprint density at radius 3 is 1.38 bits per heavy atom. The van der Waals surface area contributed by atoms with Crippen LogP contribution in [-0.2, 0) is 18.4 Å². The first kappa shape index (κ1) is 62.2. The summed E-state index contributed by atoms with van der Waals surface area (Å²) in [7, 11) is 1.61. The molecule has 64 heavy (non-hydrogen) atoms. The summed E-state index contributed by atoms with van der Waals surface area (Å²) in [6, 6.07) is -0.767. The molecule has 0 fully saturated rings. The molecule has 3 N–H and O–H groups in total. The maximum atomic E-state index is 13.0. The minimum Gasteiger partial charge on any atom is -0.391 e. The Balaban J connectivity index is 4.24. The van der Waals surface area contributed by atoms with E-state index in [4.69, 9.17) is 9.05 Å². The number of hydrogen-bond acceptors (Lipinski definition) is 5. The fourth-order valence-corrected chi connectivity index (χ4v) is 8.34. The highest BCUT2D eigenvalue weighted by Gasteiger charge is 2.28.